The fraction of sp³-hybridized carbons (Fsp3) is 0.556. The van der Waals surface area contributed by atoms with Crippen molar-refractivity contribution in [1.82, 2.24) is 14.9 Å². The van der Waals surface area contributed by atoms with Gasteiger partial charge < -0.3 is 15.0 Å². The van der Waals surface area contributed by atoms with E-state index in [1.54, 1.807) is 13.1 Å². The van der Waals surface area contributed by atoms with Crippen molar-refractivity contribution in [1.29, 1.82) is 0 Å². The molecule has 0 saturated heterocycles. The van der Waals surface area contributed by atoms with Crippen LogP contribution in [0.3, 0.4) is 0 Å². The topological polar surface area (TPSA) is 67.2 Å². The summed E-state index contributed by atoms with van der Waals surface area (Å²) in [5, 5.41) is 11.5. The minimum absolute atomic E-state index is 0.504. The van der Waals surface area contributed by atoms with Crippen LogP contribution in [-0.4, -0.2) is 33.2 Å². The Labute approximate surface area is 82.8 Å². The van der Waals surface area contributed by atoms with E-state index >= 15 is 0 Å². The molecule has 0 radical (unpaired) electrons. The second-order valence-electron chi connectivity index (χ2n) is 3.22. The average Bonchev–Trinajstić information content (AvgIpc) is 2.51. The lowest BCUT2D eigenvalue weighted by molar-refractivity contribution is -0.138. The quantitative estimate of drug-likeness (QED) is 0.698. The Morgan fingerprint density at radius 3 is 3.00 bits per heavy atom. The largest absolute Gasteiger partial charge is 0.480 e. The summed E-state index contributed by atoms with van der Waals surface area (Å²) < 4.78 is 1.92. The zero-order chi connectivity index (χ0) is 10.6. The van der Waals surface area contributed by atoms with Crippen molar-refractivity contribution in [2.75, 3.05) is 6.54 Å². The number of aromatic nitrogens is 2. The molecule has 14 heavy (non-hydrogen) atoms. The van der Waals surface area contributed by atoms with E-state index in [4.69, 9.17) is 5.11 Å². The van der Waals surface area contributed by atoms with E-state index in [0.717, 1.165) is 12.2 Å². The molecule has 0 spiro atoms. The number of aliphatic carboxylic acids is 1. The maximum atomic E-state index is 10.5. The van der Waals surface area contributed by atoms with Crippen LogP contribution in [0.15, 0.2) is 12.4 Å². The highest BCUT2D eigenvalue weighted by atomic mass is 16.4. The van der Waals surface area contributed by atoms with Crippen molar-refractivity contribution < 1.29 is 9.90 Å². The number of carboxylic acid groups (broad SMARTS) is 1. The molecule has 1 heterocycles. The summed E-state index contributed by atoms with van der Waals surface area (Å²) in [5.74, 6) is 0.125. The van der Waals surface area contributed by atoms with E-state index < -0.39 is 12.0 Å². The molecule has 0 aromatic carbocycles. The van der Waals surface area contributed by atoms with E-state index in [1.807, 2.05) is 17.8 Å². The molecule has 0 aliphatic carbocycles. The van der Waals surface area contributed by atoms with E-state index in [0.29, 0.717) is 6.54 Å². The Kier molecular flexibility index (Phi) is 3.64. The summed E-state index contributed by atoms with van der Waals surface area (Å²) in [6, 6.07) is -0.504. The number of aryl methyl sites for hydroxylation is 1. The average molecular weight is 197 g/mol. The molecule has 78 valence electrons. The summed E-state index contributed by atoms with van der Waals surface area (Å²) >= 11 is 0. The smallest absolute Gasteiger partial charge is 0.320 e. The van der Waals surface area contributed by atoms with Gasteiger partial charge in [0, 0.05) is 32.4 Å². The number of nitrogens with zero attached hydrogens (tertiary/aromatic N) is 2. The molecule has 0 aliphatic heterocycles. The predicted molar refractivity (Wildman–Crippen MR) is 52.0 cm³/mol. The first-order valence-electron chi connectivity index (χ1n) is 4.53. The van der Waals surface area contributed by atoms with Gasteiger partial charge in [0.1, 0.15) is 11.9 Å². The van der Waals surface area contributed by atoms with Gasteiger partial charge in [0.15, 0.2) is 0 Å². The van der Waals surface area contributed by atoms with E-state index in [1.165, 1.54) is 0 Å². The van der Waals surface area contributed by atoms with Gasteiger partial charge in [0.05, 0.1) is 0 Å². The van der Waals surface area contributed by atoms with Crippen LogP contribution in [0.5, 0.6) is 0 Å². The van der Waals surface area contributed by atoms with Gasteiger partial charge in [0.25, 0.3) is 0 Å². The van der Waals surface area contributed by atoms with Crippen LogP contribution in [0.1, 0.15) is 12.7 Å². The first-order chi connectivity index (χ1) is 6.61. The summed E-state index contributed by atoms with van der Waals surface area (Å²) in [6.45, 7) is 2.25. The van der Waals surface area contributed by atoms with Gasteiger partial charge in [0.2, 0.25) is 0 Å². The molecule has 0 unspecified atom stereocenters. The van der Waals surface area contributed by atoms with Crippen LogP contribution in [0.2, 0.25) is 0 Å². The number of rotatable bonds is 5. The van der Waals surface area contributed by atoms with Crippen LogP contribution in [0, 0.1) is 0 Å². The van der Waals surface area contributed by atoms with Gasteiger partial charge in [-0.1, -0.05) is 0 Å². The highest BCUT2D eigenvalue weighted by molar-refractivity contribution is 5.72. The maximum absolute atomic E-state index is 10.5. The molecule has 5 nitrogen and oxygen atoms in total. The zero-order valence-electron chi connectivity index (χ0n) is 8.40. The van der Waals surface area contributed by atoms with Crippen LogP contribution < -0.4 is 5.32 Å². The van der Waals surface area contributed by atoms with Crippen molar-refractivity contribution in [2.45, 2.75) is 19.4 Å². The van der Waals surface area contributed by atoms with Crippen molar-refractivity contribution in [3.05, 3.63) is 18.2 Å². The summed E-state index contributed by atoms with van der Waals surface area (Å²) in [5.41, 5.74) is 0. The molecule has 0 aliphatic rings. The van der Waals surface area contributed by atoms with Crippen molar-refractivity contribution in [2.24, 2.45) is 7.05 Å². The Morgan fingerprint density at radius 1 is 1.79 bits per heavy atom. The number of hydrogen-bond acceptors (Lipinski definition) is 3. The maximum Gasteiger partial charge on any atom is 0.320 e. The van der Waals surface area contributed by atoms with Gasteiger partial charge in [-0.05, 0) is 6.92 Å². The molecule has 0 saturated carbocycles. The predicted octanol–water partition coefficient (Wildman–Crippen LogP) is 0.0253. The van der Waals surface area contributed by atoms with Crippen LogP contribution >= 0.6 is 0 Å². The minimum atomic E-state index is -0.829. The summed E-state index contributed by atoms with van der Waals surface area (Å²) in [4.78, 5) is 14.6. The molecule has 1 aromatic heterocycles. The molecule has 1 rings (SSSR count). The van der Waals surface area contributed by atoms with Gasteiger partial charge in [-0.25, -0.2) is 4.98 Å². The third-order valence-electron chi connectivity index (χ3n) is 2.09. The van der Waals surface area contributed by atoms with Gasteiger partial charge in [-0.3, -0.25) is 4.79 Å². The molecule has 2 N–H and O–H groups in total. The first-order valence-corrected chi connectivity index (χ1v) is 4.53. The number of carbonyl (C=O) groups is 1. The molecule has 0 fully saturated rings. The van der Waals surface area contributed by atoms with E-state index in [9.17, 15) is 4.79 Å². The van der Waals surface area contributed by atoms with E-state index in [-0.39, 0.29) is 0 Å². The lowest BCUT2D eigenvalue weighted by Gasteiger charge is -2.08. The summed E-state index contributed by atoms with van der Waals surface area (Å²) in [6.07, 6.45) is 4.34. The van der Waals surface area contributed by atoms with Gasteiger partial charge >= 0.3 is 5.97 Å². The molecule has 1 aromatic rings. The van der Waals surface area contributed by atoms with Crippen molar-refractivity contribution in [3.63, 3.8) is 0 Å². The van der Waals surface area contributed by atoms with Crippen LogP contribution in [0.25, 0.3) is 0 Å². The SMILES string of the molecule is C[C@@H](NCCc1nccn1C)C(=O)O. The number of carboxylic acids is 1. The number of hydrogen-bond donors (Lipinski definition) is 2. The number of nitrogens with one attached hydrogen (secondary N) is 1. The molecule has 1 atom stereocenters. The Hall–Kier alpha value is -1.36. The number of imidazole rings is 1. The Morgan fingerprint density at radius 2 is 2.50 bits per heavy atom. The Balaban J connectivity index is 2.29. The van der Waals surface area contributed by atoms with E-state index in [2.05, 4.69) is 10.3 Å². The van der Waals surface area contributed by atoms with Crippen LogP contribution in [-0.2, 0) is 18.3 Å². The highest BCUT2D eigenvalue weighted by Crippen LogP contribution is 1.94. The third-order valence-corrected chi connectivity index (χ3v) is 2.09. The molecule has 5 heteroatoms. The second-order valence-corrected chi connectivity index (χ2v) is 3.22. The Bertz CT molecular complexity index is 309. The normalized spacial score (nSPS) is 12.7. The van der Waals surface area contributed by atoms with Gasteiger partial charge in [-0.15, -0.1) is 0 Å². The standard InChI is InChI=1S/C9H15N3O2/c1-7(9(13)14)10-4-3-8-11-5-6-12(8)2/h5-7,10H,3-4H2,1-2H3,(H,13,14)/t7-/m1/s1. The molecular formula is C9H15N3O2. The summed E-state index contributed by atoms with van der Waals surface area (Å²) in [7, 11) is 1.92. The third kappa shape index (κ3) is 2.85. The molecular weight excluding hydrogens is 182 g/mol. The van der Waals surface area contributed by atoms with Crippen molar-refractivity contribution in [3.8, 4) is 0 Å². The monoisotopic (exact) mass is 197 g/mol. The molecule has 0 bridgehead atoms. The van der Waals surface area contributed by atoms with Crippen LogP contribution in [0.4, 0.5) is 0 Å². The zero-order valence-corrected chi connectivity index (χ0v) is 8.40. The van der Waals surface area contributed by atoms with Gasteiger partial charge in [-0.2, -0.15) is 0 Å². The second kappa shape index (κ2) is 4.76. The fourth-order valence-electron chi connectivity index (χ4n) is 1.13. The minimum Gasteiger partial charge on any atom is -0.480 e. The molecule has 0 amide bonds. The fourth-order valence-corrected chi connectivity index (χ4v) is 1.13. The highest BCUT2D eigenvalue weighted by Gasteiger charge is 2.09. The lowest BCUT2D eigenvalue weighted by Crippen LogP contribution is -2.35. The first kappa shape index (κ1) is 10.7. The van der Waals surface area contributed by atoms with Crippen molar-refractivity contribution >= 4 is 5.97 Å². The lowest BCUT2D eigenvalue weighted by atomic mass is 10.3.